The van der Waals surface area contributed by atoms with Crippen molar-refractivity contribution in [2.75, 3.05) is 13.1 Å². The molecule has 1 aromatic carbocycles. The van der Waals surface area contributed by atoms with Gasteiger partial charge in [-0.25, -0.2) is 0 Å². The number of likely N-dealkylation sites (tertiary alicyclic amines) is 1. The van der Waals surface area contributed by atoms with Crippen LogP contribution in [0.15, 0.2) is 18.2 Å². The maximum absolute atomic E-state index is 11.6. The minimum Gasteiger partial charge on any atom is -0.481 e. The molecular formula is C16H22ClNO2. The highest BCUT2D eigenvalue weighted by molar-refractivity contribution is 6.31. The lowest BCUT2D eigenvalue weighted by Crippen LogP contribution is -2.39. The van der Waals surface area contributed by atoms with E-state index in [4.69, 9.17) is 11.6 Å². The first-order valence-corrected chi connectivity index (χ1v) is 7.44. The third kappa shape index (κ3) is 2.84. The summed E-state index contributed by atoms with van der Waals surface area (Å²) in [6, 6.07) is 6.06. The zero-order valence-electron chi connectivity index (χ0n) is 12.3. The van der Waals surface area contributed by atoms with Crippen molar-refractivity contribution >= 4 is 17.6 Å². The summed E-state index contributed by atoms with van der Waals surface area (Å²) in [7, 11) is 0. The molecule has 110 valence electrons. The Balaban J connectivity index is 2.09. The monoisotopic (exact) mass is 295 g/mol. The lowest BCUT2D eigenvalue weighted by molar-refractivity contribution is -0.151. The third-order valence-electron chi connectivity index (χ3n) is 4.55. The Bertz CT molecular complexity index is 515. The second-order valence-corrected chi connectivity index (χ2v) is 6.57. The summed E-state index contributed by atoms with van der Waals surface area (Å²) in [6.07, 6.45) is 0.722. The number of carboxylic acid groups (broad SMARTS) is 1. The average molecular weight is 296 g/mol. The van der Waals surface area contributed by atoms with E-state index in [1.165, 1.54) is 0 Å². The summed E-state index contributed by atoms with van der Waals surface area (Å²) in [5.41, 5.74) is 1.61. The third-order valence-corrected chi connectivity index (χ3v) is 4.96. The van der Waals surface area contributed by atoms with Gasteiger partial charge in [-0.3, -0.25) is 9.69 Å². The number of aryl methyl sites for hydroxylation is 1. The highest BCUT2D eigenvalue weighted by atomic mass is 35.5. The molecule has 0 radical (unpaired) electrons. The Hall–Kier alpha value is -1.06. The van der Waals surface area contributed by atoms with Crippen LogP contribution in [0, 0.1) is 18.3 Å². The molecule has 0 spiro atoms. The van der Waals surface area contributed by atoms with Crippen molar-refractivity contribution < 1.29 is 9.90 Å². The standard InChI is InChI=1S/C16H22ClNO2/c1-11(2)16(15(19)20)6-7-18(10-16)9-13-5-4-12(3)14(17)8-13/h4-5,8,11H,6-7,9-10H2,1-3H3,(H,19,20). The number of benzene rings is 1. The molecular weight excluding hydrogens is 274 g/mol. The molecule has 1 saturated heterocycles. The lowest BCUT2D eigenvalue weighted by Gasteiger charge is -2.28. The SMILES string of the molecule is Cc1ccc(CN2CCC(C(=O)O)(C(C)C)C2)cc1Cl. The highest BCUT2D eigenvalue weighted by Crippen LogP contribution is 2.38. The molecule has 1 aliphatic heterocycles. The number of carbonyl (C=O) groups is 1. The molecule has 3 nitrogen and oxygen atoms in total. The summed E-state index contributed by atoms with van der Waals surface area (Å²) in [6.45, 7) is 8.19. The normalized spacial score (nSPS) is 23.4. The van der Waals surface area contributed by atoms with Gasteiger partial charge in [0.2, 0.25) is 0 Å². The molecule has 0 saturated carbocycles. The van der Waals surface area contributed by atoms with Crippen LogP contribution in [0.4, 0.5) is 0 Å². The van der Waals surface area contributed by atoms with Gasteiger partial charge in [0.15, 0.2) is 0 Å². The van der Waals surface area contributed by atoms with E-state index in [1.54, 1.807) is 0 Å². The Kier molecular flexibility index (Phi) is 4.40. The van der Waals surface area contributed by atoms with E-state index in [1.807, 2.05) is 32.9 Å². The van der Waals surface area contributed by atoms with E-state index >= 15 is 0 Å². The van der Waals surface area contributed by atoms with E-state index in [9.17, 15) is 9.90 Å². The number of nitrogens with zero attached hydrogens (tertiary/aromatic N) is 1. The molecule has 1 unspecified atom stereocenters. The zero-order valence-corrected chi connectivity index (χ0v) is 13.1. The van der Waals surface area contributed by atoms with Crippen LogP contribution >= 0.6 is 11.6 Å². The Morgan fingerprint density at radius 1 is 1.50 bits per heavy atom. The quantitative estimate of drug-likeness (QED) is 0.923. The van der Waals surface area contributed by atoms with Gasteiger partial charge in [0, 0.05) is 18.1 Å². The maximum Gasteiger partial charge on any atom is 0.311 e. The van der Waals surface area contributed by atoms with Gasteiger partial charge in [-0.15, -0.1) is 0 Å². The fourth-order valence-electron chi connectivity index (χ4n) is 2.94. The molecule has 0 aromatic heterocycles. The van der Waals surface area contributed by atoms with Gasteiger partial charge in [-0.2, -0.15) is 0 Å². The molecule has 1 aromatic rings. The van der Waals surface area contributed by atoms with Crippen molar-refractivity contribution in [3.63, 3.8) is 0 Å². The topological polar surface area (TPSA) is 40.5 Å². The van der Waals surface area contributed by atoms with Crippen molar-refractivity contribution in [2.45, 2.75) is 33.7 Å². The van der Waals surface area contributed by atoms with Gasteiger partial charge >= 0.3 is 5.97 Å². The molecule has 1 aliphatic rings. The van der Waals surface area contributed by atoms with Gasteiger partial charge in [-0.05, 0) is 43.0 Å². The average Bonchev–Trinajstić information content (AvgIpc) is 2.79. The summed E-state index contributed by atoms with van der Waals surface area (Å²) in [5, 5.41) is 10.3. The number of hydrogen-bond donors (Lipinski definition) is 1. The molecule has 4 heteroatoms. The van der Waals surface area contributed by atoms with Gasteiger partial charge in [-0.1, -0.05) is 37.6 Å². The van der Waals surface area contributed by atoms with E-state index in [-0.39, 0.29) is 5.92 Å². The van der Waals surface area contributed by atoms with Gasteiger partial charge in [0.05, 0.1) is 5.41 Å². The second kappa shape index (κ2) is 5.74. The van der Waals surface area contributed by atoms with Crippen LogP contribution in [0.5, 0.6) is 0 Å². The van der Waals surface area contributed by atoms with Crippen LogP contribution in [0.2, 0.25) is 5.02 Å². The number of halogens is 1. The fraction of sp³-hybridized carbons (Fsp3) is 0.562. The van der Waals surface area contributed by atoms with Crippen molar-refractivity contribution in [3.05, 3.63) is 34.3 Å². The van der Waals surface area contributed by atoms with Crippen LogP contribution < -0.4 is 0 Å². The molecule has 0 aliphatic carbocycles. The number of aliphatic carboxylic acids is 1. The summed E-state index contributed by atoms with van der Waals surface area (Å²) < 4.78 is 0. The van der Waals surface area contributed by atoms with Crippen LogP contribution in [0.1, 0.15) is 31.4 Å². The van der Waals surface area contributed by atoms with Crippen molar-refractivity contribution in [2.24, 2.45) is 11.3 Å². The minimum atomic E-state index is -0.670. The molecule has 2 rings (SSSR count). The maximum atomic E-state index is 11.6. The molecule has 1 N–H and O–H groups in total. The van der Waals surface area contributed by atoms with E-state index in [2.05, 4.69) is 11.0 Å². The van der Waals surface area contributed by atoms with Crippen LogP contribution in [0.3, 0.4) is 0 Å². The van der Waals surface area contributed by atoms with Crippen molar-refractivity contribution in [3.8, 4) is 0 Å². The molecule has 0 amide bonds. The first kappa shape index (κ1) is 15.3. The summed E-state index contributed by atoms with van der Waals surface area (Å²) in [4.78, 5) is 13.8. The van der Waals surface area contributed by atoms with Gasteiger partial charge < -0.3 is 5.11 Å². The van der Waals surface area contributed by atoms with Crippen LogP contribution in [0.25, 0.3) is 0 Å². The molecule has 1 fully saturated rings. The van der Waals surface area contributed by atoms with Crippen molar-refractivity contribution in [1.82, 2.24) is 4.90 Å². The second-order valence-electron chi connectivity index (χ2n) is 6.16. The largest absolute Gasteiger partial charge is 0.481 e. The molecule has 1 atom stereocenters. The van der Waals surface area contributed by atoms with E-state index in [0.29, 0.717) is 6.54 Å². The van der Waals surface area contributed by atoms with Crippen molar-refractivity contribution in [1.29, 1.82) is 0 Å². The summed E-state index contributed by atoms with van der Waals surface area (Å²) in [5.74, 6) is -0.524. The predicted molar refractivity (Wildman–Crippen MR) is 81.0 cm³/mol. The Morgan fingerprint density at radius 3 is 2.70 bits per heavy atom. The fourth-order valence-corrected chi connectivity index (χ4v) is 3.14. The zero-order chi connectivity index (χ0) is 14.9. The van der Waals surface area contributed by atoms with Gasteiger partial charge in [0.1, 0.15) is 0 Å². The van der Waals surface area contributed by atoms with E-state index < -0.39 is 11.4 Å². The number of carboxylic acids is 1. The number of hydrogen-bond acceptors (Lipinski definition) is 2. The molecule has 20 heavy (non-hydrogen) atoms. The first-order chi connectivity index (χ1) is 9.35. The van der Waals surface area contributed by atoms with Gasteiger partial charge in [0.25, 0.3) is 0 Å². The Morgan fingerprint density at radius 2 is 2.20 bits per heavy atom. The smallest absolute Gasteiger partial charge is 0.311 e. The molecule has 1 heterocycles. The minimum absolute atomic E-state index is 0.145. The lowest BCUT2D eigenvalue weighted by atomic mass is 9.76. The Labute approximate surface area is 125 Å². The first-order valence-electron chi connectivity index (χ1n) is 7.06. The predicted octanol–water partition coefficient (Wildman–Crippen LogP) is 3.58. The van der Waals surface area contributed by atoms with Crippen LogP contribution in [-0.4, -0.2) is 29.1 Å². The summed E-state index contributed by atoms with van der Waals surface area (Å²) >= 11 is 6.14. The highest BCUT2D eigenvalue weighted by Gasteiger charge is 2.46. The number of rotatable bonds is 4. The van der Waals surface area contributed by atoms with Crippen LogP contribution in [-0.2, 0) is 11.3 Å². The van der Waals surface area contributed by atoms with E-state index in [0.717, 1.165) is 35.7 Å². The molecule has 0 bridgehead atoms.